The summed E-state index contributed by atoms with van der Waals surface area (Å²) in [5, 5.41) is 0. The van der Waals surface area contributed by atoms with E-state index >= 15 is 0 Å². The molecule has 15 heavy (non-hydrogen) atoms. The summed E-state index contributed by atoms with van der Waals surface area (Å²) in [6, 6.07) is 4.65. The van der Waals surface area contributed by atoms with Gasteiger partial charge in [-0.3, -0.25) is 4.90 Å². The highest BCUT2D eigenvalue weighted by Gasteiger charge is 2.14. The Balaban J connectivity index is 2.19. The number of rotatable bonds is 2. The number of hydrogen-bond donors (Lipinski definition) is 1. The number of nitrogens with two attached hydrogens (primary N) is 1. The molecule has 0 amide bonds. The van der Waals surface area contributed by atoms with Crippen LogP contribution in [0.4, 0.5) is 4.39 Å². The molecule has 0 atom stereocenters. The standard InChI is InChI=1S/C11H15FN2O/c12-10-1-2-11-9(7-10)8-14(4-3-13)5-6-15-11/h1-2,7H,3-6,8,13H2. The van der Waals surface area contributed by atoms with Crippen LogP contribution in [0.5, 0.6) is 5.75 Å². The number of nitrogens with zero attached hydrogens (tertiary/aromatic N) is 1. The third-order valence-corrected chi connectivity index (χ3v) is 2.53. The maximum atomic E-state index is 13.0. The van der Waals surface area contributed by atoms with Crippen LogP contribution >= 0.6 is 0 Å². The second kappa shape index (κ2) is 4.59. The molecule has 1 aliphatic heterocycles. The fourth-order valence-corrected chi connectivity index (χ4v) is 1.79. The van der Waals surface area contributed by atoms with Crippen molar-refractivity contribution in [1.82, 2.24) is 4.90 Å². The van der Waals surface area contributed by atoms with Gasteiger partial charge in [0.25, 0.3) is 0 Å². The van der Waals surface area contributed by atoms with Gasteiger partial charge in [0.2, 0.25) is 0 Å². The lowest BCUT2D eigenvalue weighted by Crippen LogP contribution is -2.30. The summed E-state index contributed by atoms with van der Waals surface area (Å²) in [5.41, 5.74) is 6.41. The molecule has 82 valence electrons. The number of fused-ring (bicyclic) bond motifs is 1. The molecule has 1 aromatic rings. The van der Waals surface area contributed by atoms with Gasteiger partial charge in [-0.2, -0.15) is 0 Å². The summed E-state index contributed by atoms with van der Waals surface area (Å²) in [6.45, 7) is 3.63. The second-order valence-corrected chi connectivity index (χ2v) is 3.67. The van der Waals surface area contributed by atoms with E-state index in [1.54, 1.807) is 6.07 Å². The van der Waals surface area contributed by atoms with Crippen LogP contribution in [-0.4, -0.2) is 31.1 Å². The SMILES string of the molecule is NCCN1CCOc2ccc(F)cc2C1. The number of hydrogen-bond acceptors (Lipinski definition) is 3. The van der Waals surface area contributed by atoms with Crippen molar-refractivity contribution in [1.29, 1.82) is 0 Å². The molecule has 0 radical (unpaired) electrons. The Morgan fingerprint density at radius 2 is 2.33 bits per heavy atom. The molecule has 0 aliphatic carbocycles. The Hall–Kier alpha value is -1.13. The largest absolute Gasteiger partial charge is 0.492 e. The fourth-order valence-electron chi connectivity index (χ4n) is 1.79. The number of halogens is 1. The van der Waals surface area contributed by atoms with Gasteiger partial charge in [-0.15, -0.1) is 0 Å². The normalized spacial score (nSPS) is 16.7. The smallest absolute Gasteiger partial charge is 0.124 e. The monoisotopic (exact) mass is 210 g/mol. The van der Waals surface area contributed by atoms with E-state index in [2.05, 4.69) is 4.90 Å². The summed E-state index contributed by atoms with van der Waals surface area (Å²) >= 11 is 0. The van der Waals surface area contributed by atoms with Gasteiger partial charge >= 0.3 is 0 Å². The molecule has 0 saturated carbocycles. The molecule has 0 aromatic heterocycles. The Morgan fingerprint density at radius 1 is 1.47 bits per heavy atom. The molecule has 2 rings (SSSR count). The predicted octanol–water partition coefficient (Wildman–Crippen LogP) is 0.979. The molecule has 0 unspecified atom stereocenters. The summed E-state index contributed by atoms with van der Waals surface area (Å²) < 4.78 is 18.6. The first kappa shape index (κ1) is 10.4. The van der Waals surface area contributed by atoms with Gasteiger partial charge in [0.05, 0.1) is 0 Å². The highest BCUT2D eigenvalue weighted by atomic mass is 19.1. The van der Waals surface area contributed by atoms with Crippen molar-refractivity contribution in [3.8, 4) is 5.75 Å². The summed E-state index contributed by atoms with van der Waals surface area (Å²) in [4.78, 5) is 2.17. The first-order valence-electron chi connectivity index (χ1n) is 5.13. The minimum atomic E-state index is -0.216. The summed E-state index contributed by atoms with van der Waals surface area (Å²) in [7, 11) is 0. The van der Waals surface area contributed by atoms with Crippen LogP contribution in [-0.2, 0) is 6.54 Å². The molecule has 4 heteroatoms. The Labute approximate surface area is 88.6 Å². The molecule has 0 spiro atoms. The first-order valence-corrected chi connectivity index (χ1v) is 5.13. The van der Waals surface area contributed by atoms with E-state index in [1.807, 2.05) is 0 Å². The van der Waals surface area contributed by atoms with E-state index in [-0.39, 0.29) is 5.82 Å². The molecule has 0 bridgehead atoms. The van der Waals surface area contributed by atoms with Gasteiger partial charge in [-0.05, 0) is 18.2 Å². The van der Waals surface area contributed by atoms with E-state index in [4.69, 9.17) is 10.5 Å². The Kier molecular flexibility index (Phi) is 3.18. The molecule has 0 fully saturated rings. The van der Waals surface area contributed by atoms with Crippen molar-refractivity contribution in [3.05, 3.63) is 29.6 Å². The zero-order valence-corrected chi connectivity index (χ0v) is 8.58. The Morgan fingerprint density at radius 3 is 3.13 bits per heavy atom. The van der Waals surface area contributed by atoms with E-state index in [0.717, 1.165) is 24.4 Å². The lowest BCUT2D eigenvalue weighted by molar-refractivity contribution is 0.230. The summed E-state index contributed by atoms with van der Waals surface area (Å²) in [5.74, 6) is 0.572. The van der Waals surface area contributed by atoms with Crippen molar-refractivity contribution >= 4 is 0 Å². The van der Waals surface area contributed by atoms with Crippen molar-refractivity contribution in [2.45, 2.75) is 6.54 Å². The topological polar surface area (TPSA) is 38.5 Å². The van der Waals surface area contributed by atoms with Crippen LogP contribution in [0.25, 0.3) is 0 Å². The lowest BCUT2D eigenvalue weighted by Gasteiger charge is -2.17. The van der Waals surface area contributed by atoms with Gasteiger partial charge in [-0.25, -0.2) is 4.39 Å². The highest BCUT2D eigenvalue weighted by molar-refractivity contribution is 5.34. The zero-order chi connectivity index (χ0) is 10.7. The highest BCUT2D eigenvalue weighted by Crippen LogP contribution is 2.23. The van der Waals surface area contributed by atoms with Crippen molar-refractivity contribution in [2.24, 2.45) is 5.73 Å². The predicted molar refractivity (Wildman–Crippen MR) is 56.2 cm³/mol. The second-order valence-electron chi connectivity index (χ2n) is 3.67. The Bertz CT molecular complexity index is 343. The van der Waals surface area contributed by atoms with Crippen LogP contribution in [0.15, 0.2) is 18.2 Å². The van der Waals surface area contributed by atoms with Crippen LogP contribution in [0.3, 0.4) is 0 Å². The van der Waals surface area contributed by atoms with Gasteiger partial charge in [0, 0.05) is 31.7 Å². The molecule has 0 saturated heterocycles. The molecule has 1 heterocycles. The molecule has 3 nitrogen and oxygen atoms in total. The lowest BCUT2D eigenvalue weighted by atomic mass is 10.2. The van der Waals surface area contributed by atoms with E-state index in [0.29, 0.717) is 19.7 Å². The summed E-state index contributed by atoms with van der Waals surface area (Å²) in [6.07, 6.45) is 0. The van der Waals surface area contributed by atoms with E-state index < -0.39 is 0 Å². The molecular weight excluding hydrogens is 195 g/mol. The molecule has 1 aromatic carbocycles. The average molecular weight is 210 g/mol. The minimum absolute atomic E-state index is 0.216. The average Bonchev–Trinajstić information content (AvgIpc) is 2.39. The van der Waals surface area contributed by atoms with Crippen molar-refractivity contribution in [3.63, 3.8) is 0 Å². The third kappa shape index (κ3) is 2.46. The third-order valence-electron chi connectivity index (χ3n) is 2.53. The van der Waals surface area contributed by atoms with Crippen LogP contribution < -0.4 is 10.5 Å². The first-order chi connectivity index (χ1) is 7.29. The van der Waals surface area contributed by atoms with Crippen LogP contribution in [0.1, 0.15) is 5.56 Å². The maximum absolute atomic E-state index is 13.0. The van der Waals surface area contributed by atoms with E-state index in [9.17, 15) is 4.39 Å². The fraction of sp³-hybridized carbons (Fsp3) is 0.455. The van der Waals surface area contributed by atoms with Gasteiger partial charge < -0.3 is 10.5 Å². The minimum Gasteiger partial charge on any atom is -0.492 e. The molecule has 2 N–H and O–H groups in total. The van der Waals surface area contributed by atoms with Gasteiger partial charge in [-0.1, -0.05) is 0 Å². The zero-order valence-electron chi connectivity index (χ0n) is 8.58. The quantitative estimate of drug-likeness (QED) is 0.790. The maximum Gasteiger partial charge on any atom is 0.124 e. The van der Waals surface area contributed by atoms with Crippen LogP contribution in [0.2, 0.25) is 0 Å². The van der Waals surface area contributed by atoms with Crippen molar-refractivity contribution < 1.29 is 9.13 Å². The molecular formula is C11H15FN2O. The van der Waals surface area contributed by atoms with E-state index in [1.165, 1.54) is 12.1 Å². The molecule has 1 aliphatic rings. The van der Waals surface area contributed by atoms with Crippen molar-refractivity contribution in [2.75, 3.05) is 26.2 Å². The van der Waals surface area contributed by atoms with Gasteiger partial charge in [0.1, 0.15) is 18.2 Å². The number of benzene rings is 1. The van der Waals surface area contributed by atoms with Gasteiger partial charge in [0.15, 0.2) is 0 Å². The van der Waals surface area contributed by atoms with Crippen LogP contribution in [0, 0.1) is 5.82 Å². The number of ether oxygens (including phenoxy) is 1.